The highest BCUT2D eigenvalue weighted by Gasteiger charge is 2.24. The second-order valence-electron chi connectivity index (χ2n) is 6.46. The molecule has 2 aromatic rings. The zero-order valence-electron chi connectivity index (χ0n) is 15.3. The summed E-state index contributed by atoms with van der Waals surface area (Å²) in [5.41, 5.74) is 6.25. The van der Waals surface area contributed by atoms with Gasteiger partial charge in [-0.2, -0.15) is 0 Å². The molecule has 0 aliphatic heterocycles. The van der Waals surface area contributed by atoms with Crippen LogP contribution in [0, 0.1) is 48.5 Å². The Morgan fingerprint density at radius 3 is 1.71 bits per heavy atom. The number of sulfonamides is 1. The van der Waals surface area contributed by atoms with Crippen molar-refractivity contribution in [1.82, 2.24) is 0 Å². The molecule has 2 aromatic carbocycles. The van der Waals surface area contributed by atoms with E-state index in [0.717, 1.165) is 27.8 Å². The molecule has 0 heterocycles. The zero-order valence-corrected chi connectivity index (χ0v) is 16.1. The standard InChI is InChI=1S/C19H25NO3S/c1-10-8-9-17(16(7)18(10)21)20-24(22,23)19-14(5)12(3)11(2)13(4)15(19)6/h8-9,20-21H,1-7H3. The predicted molar refractivity (Wildman–Crippen MR) is 98.5 cm³/mol. The van der Waals surface area contributed by atoms with Gasteiger partial charge in [-0.15, -0.1) is 0 Å². The SMILES string of the molecule is Cc1ccc(NS(=O)(=O)c2c(C)c(C)c(C)c(C)c2C)c(C)c1O. The topological polar surface area (TPSA) is 66.4 Å². The molecule has 2 rings (SSSR count). The minimum absolute atomic E-state index is 0.111. The summed E-state index contributed by atoms with van der Waals surface area (Å²) in [4.78, 5) is 0.322. The van der Waals surface area contributed by atoms with Gasteiger partial charge < -0.3 is 5.11 Å². The van der Waals surface area contributed by atoms with Crippen molar-refractivity contribution in [2.45, 2.75) is 53.4 Å². The summed E-state index contributed by atoms with van der Waals surface area (Å²) >= 11 is 0. The van der Waals surface area contributed by atoms with Crippen molar-refractivity contribution in [1.29, 1.82) is 0 Å². The van der Waals surface area contributed by atoms with Crippen molar-refractivity contribution in [2.24, 2.45) is 0 Å². The van der Waals surface area contributed by atoms with E-state index in [1.807, 2.05) is 34.6 Å². The van der Waals surface area contributed by atoms with E-state index in [0.29, 0.717) is 21.7 Å². The molecule has 0 fully saturated rings. The molecule has 0 radical (unpaired) electrons. The Balaban J connectivity index is 2.64. The molecule has 0 saturated carbocycles. The fraction of sp³-hybridized carbons (Fsp3) is 0.368. The van der Waals surface area contributed by atoms with Gasteiger partial charge in [-0.3, -0.25) is 4.72 Å². The molecule has 130 valence electrons. The molecule has 5 heteroatoms. The number of anilines is 1. The van der Waals surface area contributed by atoms with Gasteiger partial charge in [0.25, 0.3) is 10.0 Å². The van der Waals surface area contributed by atoms with E-state index in [1.54, 1.807) is 26.0 Å². The normalized spacial score (nSPS) is 11.6. The molecule has 0 atom stereocenters. The first-order valence-electron chi connectivity index (χ1n) is 7.88. The number of rotatable bonds is 3. The molecule has 0 aromatic heterocycles. The molecule has 24 heavy (non-hydrogen) atoms. The molecule has 0 aliphatic carbocycles. The third kappa shape index (κ3) is 2.88. The summed E-state index contributed by atoms with van der Waals surface area (Å²) in [6.07, 6.45) is 0. The summed E-state index contributed by atoms with van der Waals surface area (Å²) in [6.45, 7) is 13.0. The minimum Gasteiger partial charge on any atom is -0.507 e. The quantitative estimate of drug-likeness (QED) is 0.867. The maximum Gasteiger partial charge on any atom is 0.262 e. The number of hydrogen-bond donors (Lipinski definition) is 2. The number of phenolic OH excluding ortho intramolecular Hbond substituents is 1. The Bertz CT molecular complexity index is 899. The lowest BCUT2D eigenvalue weighted by atomic mass is 9.95. The van der Waals surface area contributed by atoms with Gasteiger partial charge in [-0.05, 0) is 87.9 Å². The van der Waals surface area contributed by atoms with Gasteiger partial charge in [0.1, 0.15) is 5.75 Å². The summed E-state index contributed by atoms with van der Waals surface area (Å²) in [7, 11) is -3.75. The largest absolute Gasteiger partial charge is 0.507 e. The van der Waals surface area contributed by atoms with Gasteiger partial charge in [0.15, 0.2) is 0 Å². The van der Waals surface area contributed by atoms with Crippen LogP contribution in [0.15, 0.2) is 17.0 Å². The Kier molecular flexibility index (Phi) is 4.68. The van der Waals surface area contributed by atoms with E-state index in [4.69, 9.17) is 0 Å². The van der Waals surface area contributed by atoms with E-state index < -0.39 is 10.0 Å². The van der Waals surface area contributed by atoms with Gasteiger partial charge in [-0.1, -0.05) is 6.07 Å². The van der Waals surface area contributed by atoms with E-state index in [9.17, 15) is 13.5 Å². The molecule has 2 N–H and O–H groups in total. The molecule has 4 nitrogen and oxygen atoms in total. The van der Waals surface area contributed by atoms with Crippen LogP contribution in [-0.4, -0.2) is 13.5 Å². The second kappa shape index (κ2) is 6.13. The molecule has 0 aliphatic rings. The molecule has 0 spiro atoms. The van der Waals surface area contributed by atoms with E-state index >= 15 is 0 Å². The summed E-state index contributed by atoms with van der Waals surface area (Å²) in [5, 5.41) is 10.1. The van der Waals surface area contributed by atoms with E-state index in [1.165, 1.54) is 0 Å². The first-order valence-corrected chi connectivity index (χ1v) is 9.36. The second-order valence-corrected chi connectivity index (χ2v) is 8.08. The highest BCUT2D eigenvalue weighted by molar-refractivity contribution is 7.92. The highest BCUT2D eigenvalue weighted by atomic mass is 32.2. The lowest BCUT2D eigenvalue weighted by Crippen LogP contribution is -2.18. The van der Waals surface area contributed by atoms with Gasteiger partial charge in [-0.25, -0.2) is 8.42 Å². The Morgan fingerprint density at radius 1 is 0.750 bits per heavy atom. The molecule has 0 saturated heterocycles. The van der Waals surface area contributed by atoms with Crippen LogP contribution in [0.4, 0.5) is 5.69 Å². The highest BCUT2D eigenvalue weighted by Crippen LogP contribution is 2.33. The smallest absolute Gasteiger partial charge is 0.262 e. The van der Waals surface area contributed by atoms with Crippen molar-refractivity contribution in [3.05, 3.63) is 51.1 Å². The zero-order chi connectivity index (χ0) is 18.4. The van der Waals surface area contributed by atoms with Gasteiger partial charge in [0.2, 0.25) is 0 Å². The Morgan fingerprint density at radius 2 is 1.21 bits per heavy atom. The van der Waals surface area contributed by atoms with Crippen molar-refractivity contribution in [3.8, 4) is 5.75 Å². The predicted octanol–water partition coefficient (Wildman–Crippen LogP) is 4.35. The lowest BCUT2D eigenvalue weighted by Gasteiger charge is -2.20. The van der Waals surface area contributed by atoms with Crippen molar-refractivity contribution in [2.75, 3.05) is 4.72 Å². The lowest BCUT2D eigenvalue weighted by molar-refractivity contribution is 0.467. The first kappa shape index (κ1) is 18.3. The molecular weight excluding hydrogens is 322 g/mol. The van der Waals surface area contributed by atoms with Crippen LogP contribution in [0.3, 0.4) is 0 Å². The number of nitrogens with one attached hydrogen (secondary N) is 1. The van der Waals surface area contributed by atoms with Crippen LogP contribution >= 0.6 is 0 Å². The van der Waals surface area contributed by atoms with Crippen LogP contribution in [-0.2, 0) is 10.0 Å². The Labute approximate surface area is 144 Å². The average molecular weight is 347 g/mol. The Hall–Kier alpha value is -2.01. The third-order valence-corrected chi connectivity index (χ3v) is 6.72. The van der Waals surface area contributed by atoms with Crippen LogP contribution in [0.2, 0.25) is 0 Å². The van der Waals surface area contributed by atoms with Crippen LogP contribution < -0.4 is 4.72 Å². The first-order chi connectivity index (χ1) is 11.0. The number of aryl methyl sites for hydroxylation is 1. The van der Waals surface area contributed by atoms with Crippen molar-refractivity contribution < 1.29 is 13.5 Å². The molecule has 0 bridgehead atoms. The van der Waals surface area contributed by atoms with E-state index in [-0.39, 0.29) is 5.75 Å². The minimum atomic E-state index is -3.75. The van der Waals surface area contributed by atoms with Crippen molar-refractivity contribution >= 4 is 15.7 Å². The summed E-state index contributed by atoms with van der Waals surface area (Å²) < 4.78 is 28.7. The maximum absolute atomic E-state index is 13.0. The average Bonchev–Trinajstić information content (AvgIpc) is 2.51. The van der Waals surface area contributed by atoms with Gasteiger partial charge >= 0.3 is 0 Å². The number of hydrogen-bond acceptors (Lipinski definition) is 3. The number of aromatic hydroxyl groups is 1. The summed E-state index contributed by atoms with van der Waals surface area (Å²) in [6, 6.07) is 3.38. The van der Waals surface area contributed by atoms with Crippen LogP contribution in [0.1, 0.15) is 38.9 Å². The van der Waals surface area contributed by atoms with Crippen LogP contribution in [0.5, 0.6) is 5.75 Å². The maximum atomic E-state index is 13.0. The van der Waals surface area contributed by atoms with Gasteiger partial charge in [0, 0.05) is 5.56 Å². The molecular formula is C19H25NO3S. The monoisotopic (exact) mass is 347 g/mol. The molecule has 0 amide bonds. The van der Waals surface area contributed by atoms with Gasteiger partial charge in [0.05, 0.1) is 10.6 Å². The molecule has 0 unspecified atom stereocenters. The third-order valence-electron chi connectivity index (χ3n) is 5.08. The fourth-order valence-electron chi connectivity index (χ4n) is 3.01. The van der Waals surface area contributed by atoms with E-state index in [2.05, 4.69) is 4.72 Å². The number of benzene rings is 2. The summed E-state index contributed by atoms with van der Waals surface area (Å²) in [5.74, 6) is 0.111. The van der Waals surface area contributed by atoms with Crippen molar-refractivity contribution in [3.63, 3.8) is 0 Å². The fourth-order valence-corrected chi connectivity index (χ4v) is 4.74. The van der Waals surface area contributed by atoms with Crippen LogP contribution in [0.25, 0.3) is 0 Å². The number of phenols is 1.